The van der Waals surface area contributed by atoms with Gasteiger partial charge in [-0.15, -0.1) is 0 Å². The van der Waals surface area contributed by atoms with Crippen molar-refractivity contribution >= 4 is 5.97 Å². The second-order valence-corrected chi connectivity index (χ2v) is 5.94. The third kappa shape index (κ3) is 1.38. The molecule has 1 fully saturated rings. The average Bonchev–Trinajstić information content (AvgIpc) is 2.79. The molecule has 0 aromatic rings. The number of carbonyl (C=O) groups is 1. The van der Waals surface area contributed by atoms with Crippen LogP contribution in [0, 0.1) is 10.8 Å². The van der Waals surface area contributed by atoms with E-state index in [1.807, 2.05) is 0 Å². The molecule has 0 bridgehead atoms. The number of allylic oxidation sites excluding steroid dienone is 4. The number of methoxy groups -OCH3 is 1. The zero-order valence-electron chi connectivity index (χ0n) is 11.2. The first kappa shape index (κ1) is 11.8. The van der Waals surface area contributed by atoms with Crippen LogP contribution in [0.25, 0.3) is 0 Å². The van der Waals surface area contributed by atoms with Crippen LogP contribution in [0.4, 0.5) is 0 Å². The highest BCUT2D eigenvalue weighted by Crippen LogP contribution is 2.58. The standard InChI is InChI=1S/C16H20O2/c1-15-8-5-7-12(15)13-6-3-4-9-16(13,11-10-15)14(17)18-2/h4,6-7,9H,3,5,8,10-11H2,1-2H3/t15-,16+/m1/s1. The Kier molecular flexibility index (Phi) is 2.51. The van der Waals surface area contributed by atoms with Crippen LogP contribution in [-0.4, -0.2) is 13.1 Å². The molecule has 2 nitrogen and oxygen atoms in total. The largest absolute Gasteiger partial charge is 0.468 e. The second-order valence-electron chi connectivity index (χ2n) is 5.94. The summed E-state index contributed by atoms with van der Waals surface area (Å²) in [6.45, 7) is 2.34. The molecular formula is C16H20O2. The molecule has 18 heavy (non-hydrogen) atoms. The highest BCUT2D eigenvalue weighted by Gasteiger charge is 2.52. The lowest BCUT2D eigenvalue weighted by atomic mass is 9.58. The van der Waals surface area contributed by atoms with E-state index in [1.54, 1.807) is 0 Å². The number of hydrogen-bond acceptors (Lipinski definition) is 2. The smallest absolute Gasteiger partial charge is 0.320 e. The Morgan fingerprint density at radius 2 is 2.06 bits per heavy atom. The first-order valence-corrected chi connectivity index (χ1v) is 6.80. The minimum absolute atomic E-state index is 0.0976. The molecule has 0 aromatic heterocycles. The van der Waals surface area contributed by atoms with Crippen molar-refractivity contribution in [3.05, 3.63) is 35.5 Å². The van der Waals surface area contributed by atoms with E-state index in [-0.39, 0.29) is 11.4 Å². The summed E-state index contributed by atoms with van der Waals surface area (Å²) in [7, 11) is 1.49. The van der Waals surface area contributed by atoms with Crippen molar-refractivity contribution in [1.29, 1.82) is 0 Å². The summed E-state index contributed by atoms with van der Waals surface area (Å²) in [5, 5.41) is 0. The Balaban J connectivity index is 2.10. The van der Waals surface area contributed by atoms with Gasteiger partial charge in [0, 0.05) is 0 Å². The van der Waals surface area contributed by atoms with E-state index in [1.165, 1.54) is 24.7 Å². The Hall–Kier alpha value is -1.31. The predicted octanol–water partition coefficient (Wildman–Crippen LogP) is 3.55. The van der Waals surface area contributed by atoms with Gasteiger partial charge < -0.3 is 4.74 Å². The average molecular weight is 244 g/mol. The van der Waals surface area contributed by atoms with Crippen molar-refractivity contribution in [3.63, 3.8) is 0 Å². The van der Waals surface area contributed by atoms with Gasteiger partial charge in [-0.25, -0.2) is 0 Å². The van der Waals surface area contributed by atoms with Crippen LogP contribution in [0.5, 0.6) is 0 Å². The third-order valence-electron chi connectivity index (χ3n) is 4.95. The number of hydrogen-bond donors (Lipinski definition) is 0. The second kappa shape index (κ2) is 3.84. The number of rotatable bonds is 1. The molecule has 0 saturated heterocycles. The van der Waals surface area contributed by atoms with E-state index in [2.05, 4.69) is 31.2 Å². The molecular weight excluding hydrogens is 224 g/mol. The van der Waals surface area contributed by atoms with Crippen LogP contribution >= 0.6 is 0 Å². The maximum absolute atomic E-state index is 12.3. The van der Waals surface area contributed by atoms with Gasteiger partial charge in [0.15, 0.2) is 0 Å². The lowest BCUT2D eigenvalue weighted by Gasteiger charge is -2.45. The normalized spacial score (nSPS) is 37.4. The summed E-state index contributed by atoms with van der Waals surface area (Å²) in [6.07, 6.45) is 14.0. The lowest BCUT2D eigenvalue weighted by molar-refractivity contribution is -0.148. The van der Waals surface area contributed by atoms with E-state index in [9.17, 15) is 4.79 Å². The molecule has 0 radical (unpaired) electrons. The molecule has 0 amide bonds. The molecule has 3 aliphatic rings. The molecule has 0 aromatic carbocycles. The fourth-order valence-electron chi connectivity index (χ4n) is 3.84. The molecule has 2 heteroatoms. The SMILES string of the molecule is COC(=O)[C@]12C=CCC=C1C1=CCC[C@]1(C)CC2. The Labute approximate surface area is 108 Å². The van der Waals surface area contributed by atoms with Crippen molar-refractivity contribution in [2.24, 2.45) is 10.8 Å². The fraction of sp³-hybridized carbons (Fsp3) is 0.562. The van der Waals surface area contributed by atoms with Crippen molar-refractivity contribution in [2.75, 3.05) is 7.11 Å². The van der Waals surface area contributed by atoms with E-state index >= 15 is 0 Å². The van der Waals surface area contributed by atoms with Crippen LogP contribution < -0.4 is 0 Å². The molecule has 1 saturated carbocycles. The predicted molar refractivity (Wildman–Crippen MR) is 70.9 cm³/mol. The van der Waals surface area contributed by atoms with Crippen molar-refractivity contribution in [1.82, 2.24) is 0 Å². The summed E-state index contributed by atoms with van der Waals surface area (Å²) in [5.74, 6) is -0.0976. The summed E-state index contributed by atoms with van der Waals surface area (Å²) in [5.41, 5.74) is 2.42. The van der Waals surface area contributed by atoms with Gasteiger partial charge in [-0.3, -0.25) is 4.79 Å². The minimum Gasteiger partial charge on any atom is -0.468 e. The van der Waals surface area contributed by atoms with E-state index in [0.717, 1.165) is 25.7 Å². The molecule has 0 unspecified atom stereocenters. The maximum atomic E-state index is 12.3. The molecule has 2 atom stereocenters. The summed E-state index contributed by atoms with van der Waals surface area (Å²) >= 11 is 0. The van der Waals surface area contributed by atoms with Gasteiger partial charge in [0.1, 0.15) is 5.41 Å². The Bertz CT molecular complexity index is 483. The van der Waals surface area contributed by atoms with E-state index in [0.29, 0.717) is 0 Å². The van der Waals surface area contributed by atoms with Crippen LogP contribution in [-0.2, 0) is 9.53 Å². The Morgan fingerprint density at radius 1 is 1.22 bits per heavy atom. The number of fused-ring (bicyclic) bond motifs is 3. The third-order valence-corrected chi connectivity index (χ3v) is 4.95. The maximum Gasteiger partial charge on any atom is 0.320 e. The van der Waals surface area contributed by atoms with Gasteiger partial charge in [0.05, 0.1) is 7.11 Å². The highest BCUT2D eigenvalue weighted by molar-refractivity contribution is 5.86. The fourth-order valence-corrected chi connectivity index (χ4v) is 3.84. The van der Waals surface area contributed by atoms with Crippen LogP contribution in [0.15, 0.2) is 35.5 Å². The van der Waals surface area contributed by atoms with Gasteiger partial charge in [0.2, 0.25) is 0 Å². The first-order valence-electron chi connectivity index (χ1n) is 6.80. The van der Waals surface area contributed by atoms with Crippen LogP contribution in [0.3, 0.4) is 0 Å². The van der Waals surface area contributed by atoms with Gasteiger partial charge in [-0.1, -0.05) is 31.2 Å². The Morgan fingerprint density at radius 3 is 2.83 bits per heavy atom. The van der Waals surface area contributed by atoms with Crippen molar-refractivity contribution in [3.8, 4) is 0 Å². The summed E-state index contributed by atoms with van der Waals surface area (Å²) in [4.78, 5) is 12.3. The number of carbonyl (C=O) groups excluding carboxylic acids is 1. The molecule has 3 rings (SSSR count). The highest BCUT2D eigenvalue weighted by atomic mass is 16.5. The zero-order valence-corrected chi connectivity index (χ0v) is 11.2. The summed E-state index contributed by atoms with van der Waals surface area (Å²) < 4.78 is 5.07. The molecule has 0 aliphatic heterocycles. The van der Waals surface area contributed by atoms with E-state index in [4.69, 9.17) is 4.74 Å². The first-order chi connectivity index (χ1) is 8.62. The van der Waals surface area contributed by atoms with Gasteiger partial charge in [-0.05, 0) is 48.7 Å². The topological polar surface area (TPSA) is 26.3 Å². The number of esters is 1. The molecule has 0 N–H and O–H groups in total. The minimum atomic E-state index is -0.497. The van der Waals surface area contributed by atoms with Crippen molar-refractivity contribution < 1.29 is 9.53 Å². The molecule has 0 spiro atoms. The van der Waals surface area contributed by atoms with Crippen LogP contribution in [0.2, 0.25) is 0 Å². The molecule has 3 aliphatic carbocycles. The van der Waals surface area contributed by atoms with Gasteiger partial charge >= 0.3 is 5.97 Å². The zero-order chi connectivity index (χ0) is 12.8. The lowest BCUT2D eigenvalue weighted by Crippen LogP contribution is -2.41. The summed E-state index contributed by atoms with van der Waals surface area (Å²) in [6, 6.07) is 0. The number of ether oxygens (including phenoxy) is 1. The quantitative estimate of drug-likeness (QED) is 0.521. The van der Waals surface area contributed by atoms with Gasteiger partial charge in [-0.2, -0.15) is 0 Å². The van der Waals surface area contributed by atoms with Crippen LogP contribution in [0.1, 0.15) is 39.0 Å². The monoisotopic (exact) mass is 244 g/mol. The molecule has 0 heterocycles. The van der Waals surface area contributed by atoms with Crippen molar-refractivity contribution in [2.45, 2.75) is 39.0 Å². The van der Waals surface area contributed by atoms with Gasteiger partial charge in [0.25, 0.3) is 0 Å². The van der Waals surface area contributed by atoms with E-state index < -0.39 is 5.41 Å². The molecule has 96 valence electrons.